The highest BCUT2D eigenvalue weighted by molar-refractivity contribution is 6.04. The molecule has 6 heteroatoms. The van der Waals surface area contributed by atoms with Crippen molar-refractivity contribution in [3.63, 3.8) is 0 Å². The van der Waals surface area contributed by atoms with Gasteiger partial charge in [-0.25, -0.2) is 9.97 Å². The first-order valence-corrected chi connectivity index (χ1v) is 9.08. The molecule has 2 heterocycles. The van der Waals surface area contributed by atoms with Crippen LogP contribution in [0, 0.1) is 0 Å². The number of hydrogen-bond acceptors (Lipinski definition) is 5. The van der Waals surface area contributed by atoms with Crippen molar-refractivity contribution in [2.45, 2.75) is 33.2 Å². The second kappa shape index (κ2) is 8.89. The lowest BCUT2D eigenvalue weighted by molar-refractivity contribution is 0.102. The van der Waals surface area contributed by atoms with Gasteiger partial charge in [-0.3, -0.25) is 9.78 Å². The van der Waals surface area contributed by atoms with Gasteiger partial charge in [-0.1, -0.05) is 38.1 Å². The van der Waals surface area contributed by atoms with Crippen LogP contribution in [0.1, 0.15) is 41.0 Å². The Morgan fingerprint density at radius 2 is 1.81 bits per heavy atom. The SMILES string of the molecule is CCc1cccc(CC)c1NC(=O)c1cc(NCc2cccnc2)ncn1. The largest absolute Gasteiger partial charge is 0.366 e. The molecule has 2 N–H and O–H groups in total. The zero-order chi connectivity index (χ0) is 19.1. The van der Waals surface area contributed by atoms with Crippen LogP contribution in [0.2, 0.25) is 0 Å². The monoisotopic (exact) mass is 361 g/mol. The van der Waals surface area contributed by atoms with Crippen molar-refractivity contribution in [3.8, 4) is 0 Å². The van der Waals surface area contributed by atoms with Gasteiger partial charge in [-0.2, -0.15) is 0 Å². The Kier molecular flexibility index (Phi) is 6.10. The molecule has 3 rings (SSSR count). The summed E-state index contributed by atoms with van der Waals surface area (Å²) in [5, 5.41) is 6.23. The van der Waals surface area contributed by atoms with Crippen molar-refractivity contribution >= 4 is 17.4 Å². The molecule has 0 bridgehead atoms. The molecule has 0 aliphatic carbocycles. The quantitative estimate of drug-likeness (QED) is 0.668. The van der Waals surface area contributed by atoms with E-state index in [1.807, 2.05) is 30.3 Å². The molecule has 6 nitrogen and oxygen atoms in total. The molecule has 1 amide bonds. The molecular weight excluding hydrogens is 338 g/mol. The number of aromatic nitrogens is 3. The van der Waals surface area contributed by atoms with Crippen LogP contribution >= 0.6 is 0 Å². The third-order valence-electron chi connectivity index (χ3n) is 4.33. The number of para-hydroxylation sites is 1. The standard InChI is InChI=1S/C21H23N5O/c1-3-16-8-5-9-17(4-2)20(16)26-21(27)18-11-19(25-14-24-18)23-13-15-7-6-10-22-12-15/h5-12,14H,3-4,13H2,1-2H3,(H,26,27)(H,23,24,25). The molecule has 0 radical (unpaired) electrons. The highest BCUT2D eigenvalue weighted by atomic mass is 16.1. The van der Waals surface area contributed by atoms with Gasteiger partial charge in [0.1, 0.15) is 17.8 Å². The summed E-state index contributed by atoms with van der Waals surface area (Å²) in [6.45, 7) is 4.73. The van der Waals surface area contributed by atoms with Crippen LogP contribution in [0.15, 0.2) is 55.1 Å². The molecule has 0 aliphatic heterocycles. The summed E-state index contributed by atoms with van der Waals surface area (Å²) < 4.78 is 0. The molecule has 0 fully saturated rings. The lowest BCUT2D eigenvalue weighted by Gasteiger charge is -2.14. The predicted molar refractivity (Wildman–Crippen MR) is 107 cm³/mol. The summed E-state index contributed by atoms with van der Waals surface area (Å²) in [5.74, 6) is 0.357. The zero-order valence-corrected chi connectivity index (χ0v) is 15.6. The first-order valence-electron chi connectivity index (χ1n) is 9.08. The van der Waals surface area contributed by atoms with Crippen LogP contribution in [0.4, 0.5) is 11.5 Å². The summed E-state index contributed by atoms with van der Waals surface area (Å²) in [7, 11) is 0. The lowest BCUT2D eigenvalue weighted by Crippen LogP contribution is -2.17. The van der Waals surface area contributed by atoms with Gasteiger partial charge in [0.05, 0.1) is 0 Å². The molecule has 0 atom stereocenters. The molecule has 0 aliphatic rings. The average molecular weight is 361 g/mol. The van der Waals surface area contributed by atoms with Crippen LogP contribution in [-0.4, -0.2) is 20.9 Å². The number of rotatable bonds is 7. The number of aryl methyl sites for hydroxylation is 2. The first-order chi connectivity index (χ1) is 13.2. The van der Waals surface area contributed by atoms with E-state index in [-0.39, 0.29) is 5.91 Å². The Morgan fingerprint density at radius 1 is 1.04 bits per heavy atom. The maximum atomic E-state index is 12.7. The Bertz CT molecular complexity index is 889. The van der Waals surface area contributed by atoms with E-state index in [2.05, 4.69) is 39.4 Å². The molecule has 1 aromatic carbocycles. The molecule has 27 heavy (non-hydrogen) atoms. The van der Waals surface area contributed by atoms with Gasteiger partial charge in [0, 0.05) is 30.7 Å². The second-order valence-electron chi connectivity index (χ2n) is 6.12. The van der Waals surface area contributed by atoms with Crippen LogP contribution in [0.5, 0.6) is 0 Å². The van der Waals surface area contributed by atoms with Crippen molar-refractivity contribution in [2.24, 2.45) is 0 Å². The third kappa shape index (κ3) is 4.67. The number of nitrogens with zero attached hydrogens (tertiary/aromatic N) is 3. The van der Waals surface area contributed by atoms with Gasteiger partial charge in [-0.15, -0.1) is 0 Å². The normalized spacial score (nSPS) is 10.4. The number of benzene rings is 1. The summed E-state index contributed by atoms with van der Waals surface area (Å²) in [6.07, 6.45) is 6.62. The number of pyridine rings is 1. The molecule has 2 aromatic heterocycles. The van der Waals surface area contributed by atoms with E-state index in [9.17, 15) is 4.79 Å². The van der Waals surface area contributed by atoms with Crippen molar-refractivity contribution in [2.75, 3.05) is 10.6 Å². The first kappa shape index (κ1) is 18.5. The number of nitrogens with one attached hydrogen (secondary N) is 2. The molecule has 0 saturated carbocycles. The van der Waals surface area contributed by atoms with Gasteiger partial charge in [0.25, 0.3) is 5.91 Å². The highest BCUT2D eigenvalue weighted by Crippen LogP contribution is 2.23. The zero-order valence-electron chi connectivity index (χ0n) is 15.6. The van der Waals surface area contributed by atoms with Crippen molar-refractivity contribution in [3.05, 3.63) is 77.5 Å². The average Bonchev–Trinajstić information content (AvgIpc) is 2.73. The maximum Gasteiger partial charge on any atom is 0.274 e. The fraction of sp³-hybridized carbons (Fsp3) is 0.238. The fourth-order valence-electron chi connectivity index (χ4n) is 2.85. The van der Waals surface area contributed by atoms with E-state index < -0.39 is 0 Å². The number of anilines is 2. The number of amides is 1. The smallest absolute Gasteiger partial charge is 0.274 e. The molecule has 138 valence electrons. The van der Waals surface area contributed by atoms with Gasteiger partial charge in [0.15, 0.2) is 0 Å². The van der Waals surface area contributed by atoms with Gasteiger partial charge in [0.2, 0.25) is 0 Å². The Labute approximate surface area is 159 Å². The number of hydrogen-bond donors (Lipinski definition) is 2. The Morgan fingerprint density at radius 3 is 2.48 bits per heavy atom. The van der Waals surface area contributed by atoms with Crippen LogP contribution < -0.4 is 10.6 Å². The van der Waals surface area contributed by atoms with Crippen LogP contribution in [0.25, 0.3) is 0 Å². The number of carbonyl (C=O) groups excluding carboxylic acids is 1. The fourth-order valence-corrected chi connectivity index (χ4v) is 2.85. The summed E-state index contributed by atoms with van der Waals surface area (Å²) in [6, 6.07) is 11.6. The number of carbonyl (C=O) groups is 1. The minimum absolute atomic E-state index is 0.238. The second-order valence-corrected chi connectivity index (χ2v) is 6.12. The molecular formula is C21H23N5O. The van der Waals surface area contributed by atoms with E-state index in [1.165, 1.54) is 6.33 Å². The van der Waals surface area contributed by atoms with E-state index >= 15 is 0 Å². The van der Waals surface area contributed by atoms with E-state index in [1.54, 1.807) is 18.5 Å². The Hall–Kier alpha value is -3.28. The molecule has 0 saturated heterocycles. The molecule has 0 unspecified atom stereocenters. The lowest BCUT2D eigenvalue weighted by atomic mass is 10.0. The summed E-state index contributed by atoms with van der Waals surface area (Å²) in [4.78, 5) is 25.1. The van der Waals surface area contributed by atoms with E-state index in [0.29, 0.717) is 18.1 Å². The molecule has 0 spiro atoms. The van der Waals surface area contributed by atoms with Crippen molar-refractivity contribution in [1.29, 1.82) is 0 Å². The van der Waals surface area contributed by atoms with E-state index in [4.69, 9.17) is 0 Å². The highest BCUT2D eigenvalue weighted by Gasteiger charge is 2.13. The van der Waals surface area contributed by atoms with Gasteiger partial charge in [-0.05, 0) is 35.6 Å². The van der Waals surface area contributed by atoms with Crippen LogP contribution in [0.3, 0.4) is 0 Å². The van der Waals surface area contributed by atoms with Gasteiger partial charge < -0.3 is 10.6 Å². The van der Waals surface area contributed by atoms with Crippen molar-refractivity contribution < 1.29 is 4.79 Å². The topological polar surface area (TPSA) is 79.8 Å². The minimum Gasteiger partial charge on any atom is -0.366 e. The predicted octanol–water partition coefficient (Wildman–Crippen LogP) is 3.86. The van der Waals surface area contributed by atoms with Crippen LogP contribution in [-0.2, 0) is 19.4 Å². The molecule has 3 aromatic rings. The minimum atomic E-state index is -0.238. The Balaban J connectivity index is 1.74. The third-order valence-corrected chi connectivity index (χ3v) is 4.33. The maximum absolute atomic E-state index is 12.7. The van der Waals surface area contributed by atoms with Gasteiger partial charge >= 0.3 is 0 Å². The summed E-state index contributed by atoms with van der Waals surface area (Å²) >= 11 is 0. The van der Waals surface area contributed by atoms with E-state index in [0.717, 1.165) is 35.2 Å². The summed E-state index contributed by atoms with van der Waals surface area (Å²) in [5.41, 5.74) is 4.48. The van der Waals surface area contributed by atoms with Crippen molar-refractivity contribution in [1.82, 2.24) is 15.0 Å².